The SMILES string of the molecule is Cl.Cl.NCCc1cccs1.Nc1ccc(NCCc2cccs2)cc1.O=[N+]([O-])c1ccc(F)cc1.O=[N+]([O-])c1ccc(NCCc2cccs2)cc1. The number of hydrogen-bond acceptors (Lipinski definition) is 11. The van der Waals surface area contributed by atoms with Crippen molar-refractivity contribution in [3.63, 3.8) is 0 Å². The summed E-state index contributed by atoms with van der Waals surface area (Å²) < 4.78 is 12.1. The van der Waals surface area contributed by atoms with Gasteiger partial charge in [0.25, 0.3) is 11.4 Å². The number of nitrogens with one attached hydrogen (secondary N) is 2. The van der Waals surface area contributed by atoms with E-state index in [1.54, 1.807) is 46.1 Å². The first-order valence-corrected chi connectivity index (χ1v) is 18.1. The molecule has 0 fully saturated rings. The molecule has 0 saturated carbocycles. The maximum atomic E-state index is 12.1. The first kappa shape index (κ1) is 45.5. The van der Waals surface area contributed by atoms with Gasteiger partial charge in [0.2, 0.25) is 0 Å². The minimum atomic E-state index is -0.570. The number of non-ortho nitro benzene ring substituents is 2. The van der Waals surface area contributed by atoms with Gasteiger partial charge < -0.3 is 22.1 Å². The molecule has 278 valence electrons. The van der Waals surface area contributed by atoms with Gasteiger partial charge in [-0.2, -0.15) is 0 Å². The first-order chi connectivity index (χ1) is 24.2. The zero-order valence-electron chi connectivity index (χ0n) is 28.0. The quantitative estimate of drug-likeness (QED) is 0.0540. The van der Waals surface area contributed by atoms with Crippen LogP contribution in [0.15, 0.2) is 125 Å². The fraction of sp³-hybridized carbons (Fsp3) is 0.167. The molecule has 0 aliphatic heterocycles. The normalized spacial score (nSPS) is 9.50. The Morgan fingerprint density at radius 2 is 0.942 bits per heavy atom. The van der Waals surface area contributed by atoms with Gasteiger partial charge in [0.1, 0.15) is 5.82 Å². The lowest BCUT2D eigenvalue weighted by Crippen LogP contribution is -2.03. The lowest BCUT2D eigenvalue weighted by molar-refractivity contribution is -0.385. The van der Waals surface area contributed by atoms with Gasteiger partial charge in [-0.15, -0.1) is 58.8 Å². The second kappa shape index (κ2) is 26.2. The van der Waals surface area contributed by atoms with Crippen LogP contribution in [-0.2, 0) is 19.3 Å². The third-order valence-electron chi connectivity index (χ3n) is 6.56. The van der Waals surface area contributed by atoms with Crippen molar-refractivity contribution in [1.29, 1.82) is 0 Å². The van der Waals surface area contributed by atoms with Crippen molar-refractivity contribution in [2.75, 3.05) is 36.0 Å². The molecule has 0 aliphatic rings. The topological polar surface area (TPSA) is 162 Å². The van der Waals surface area contributed by atoms with Gasteiger partial charge in [-0.3, -0.25) is 20.2 Å². The van der Waals surface area contributed by atoms with Crippen molar-refractivity contribution in [3.05, 3.63) is 166 Å². The minimum Gasteiger partial charge on any atom is -0.399 e. The van der Waals surface area contributed by atoms with E-state index >= 15 is 0 Å². The lowest BCUT2D eigenvalue weighted by Gasteiger charge is -2.05. The Bertz CT molecular complexity index is 1780. The lowest BCUT2D eigenvalue weighted by atomic mass is 10.2. The van der Waals surface area contributed by atoms with E-state index in [2.05, 4.69) is 57.1 Å². The fourth-order valence-corrected chi connectivity index (χ4v) is 6.17. The number of thiophene rings is 3. The first-order valence-electron chi connectivity index (χ1n) is 15.5. The molecule has 3 heterocycles. The van der Waals surface area contributed by atoms with E-state index < -0.39 is 15.7 Å². The Balaban J connectivity index is 0.000000355. The molecule has 6 aromatic rings. The number of nitrogen functional groups attached to an aromatic ring is 1. The Kier molecular flexibility index (Phi) is 22.9. The van der Waals surface area contributed by atoms with Crippen molar-refractivity contribution in [2.45, 2.75) is 19.3 Å². The van der Waals surface area contributed by atoms with Gasteiger partial charge in [-0.25, -0.2) is 4.39 Å². The average molecular weight is 808 g/mol. The molecule has 6 rings (SSSR count). The summed E-state index contributed by atoms with van der Waals surface area (Å²) in [5.74, 6) is -0.467. The van der Waals surface area contributed by atoms with Crippen molar-refractivity contribution < 1.29 is 14.2 Å². The second-order valence-corrected chi connectivity index (χ2v) is 13.4. The molecule has 0 aliphatic carbocycles. The van der Waals surface area contributed by atoms with Gasteiger partial charge in [-0.05, 0) is 109 Å². The molecule has 16 heteroatoms. The highest BCUT2D eigenvalue weighted by molar-refractivity contribution is 7.10. The van der Waals surface area contributed by atoms with Crippen molar-refractivity contribution in [1.82, 2.24) is 0 Å². The van der Waals surface area contributed by atoms with Gasteiger partial charge in [0.15, 0.2) is 0 Å². The number of rotatable bonds is 12. The van der Waals surface area contributed by atoms with Gasteiger partial charge in [0, 0.05) is 69.0 Å². The molecule has 6 N–H and O–H groups in total. The summed E-state index contributed by atoms with van der Waals surface area (Å²) >= 11 is 5.30. The number of nitro benzene ring substituents is 2. The summed E-state index contributed by atoms with van der Waals surface area (Å²) in [6.45, 7) is 2.56. The summed E-state index contributed by atoms with van der Waals surface area (Å²) in [7, 11) is 0. The number of benzene rings is 3. The summed E-state index contributed by atoms with van der Waals surface area (Å²) in [4.78, 5) is 23.6. The molecule has 0 atom stereocenters. The van der Waals surface area contributed by atoms with Crippen LogP contribution in [-0.4, -0.2) is 29.5 Å². The Morgan fingerprint density at radius 1 is 0.577 bits per heavy atom. The number of nitro groups is 2. The van der Waals surface area contributed by atoms with Crippen molar-refractivity contribution >= 4 is 87.3 Å². The summed E-state index contributed by atoms with van der Waals surface area (Å²) in [6.07, 6.45) is 3.06. The molecule has 52 heavy (non-hydrogen) atoms. The second-order valence-electron chi connectivity index (χ2n) is 10.3. The van der Waals surface area contributed by atoms with Crippen LogP contribution >= 0.6 is 58.8 Å². The molecule has 3 aromatic heterocycles. The molecular formula is C36H41Cl2FN6O4S3. The van der Waals surface area contributed by atoms with E-state index in [4.69, 9.17) is 11.5 Å². The number of halogens is 3. The number of nitrogens with zero attached hydrogens (tertiary/aromatic N) is 2. The monoisotopic (exact) mass is 806 g/mol. The Morgan fingerprint density at radius 3 is 1.29 bits per heavy atom. The fourth-order valence-electron chi connectivity index (χ4n) is 4.03. The minimum absolute atomic E-state index is 0. The van der Waals surface area contributed by atoms with Gasteiger partial charge in [0.05, 0.1) is 9.85 Å². The van der Waals surface area contributed by atoms with Crippen molar-refractivity contribution in [2.24, 2.45) is 5.73 Å². The van der Waals surface area contributed by atoms with Crippen LogP contribution in [0.3, 0.4) is 0 Å². The zero-order valence-corrected chi connectivity index (χ0v) is 32.1. The van der Waals surface area contributed by atoms with Crippen LogP contribution in [0, 0.1) is 26.0 Å². The average Bonchev–Trinajstić information content (AvgIpc) is 3.93. The molecule has 3 aromatic carbocycles. The molecule has 0 radical (unpaired) electrons. The van der Waals surface area contributed by atoms with Crippen LogP contribution in [0.2, 0.25) is 0 Å². The Labute approximate surface area is 326 Å². The zero-order chi connectivity index (χ0) is 36.0. The summed E-state index contributed by atoms with van der Waals surface area (Å²) in [6, 6.07) is 31.2. The number of anilines is 3. The van der Waals surface area contributed by atoms with Crippen LogP contribution in [0.4, 0.5) is 32.8 Å². The molecule has 0 bridgehead atoms. The summed E-state index contributed by atoms with van der Waals surface area (Å²) in [5.41, 5.74) is 13.8. The molecular weight excluding hydrogens is 767 g/mol. The van der Waals surface area contributed by atoms with Crippen LogP contribution in [0.1, 0.15) is 14.6 Å². The molecule has 0 unspecified atom stereocenters. The number of hydrogen-bond donors (Lipinski definition) is 4. The predicted octanol–water partition coefficient (Wildman–Crippen LogP) is 10.1. The number of nitrogens with two attached hydrogens (primary N) is 2. The highest BCUT2D eigenvalue weighted by Gasteiger charge is 2.04. The largest absolute Gasteiger partial charge is 0.399 e. The maximum absolute atomic E-state index is 12.1. The van der Waals surface area contributed by atoms with E-state index in [-0.39, 0.29) is 36.2 Å². The van der Waals surface area contributed by atoms with E-state index in [1.165, 1.54) is 26.8 Å². The molecule has 0 spiro atoms. The Hall–Kier alpha value is -4.57. The van der Waals surface area contributed by atoms with Crippen LogP contribution in [0.5, 0.6) is 0 Å². The van der Waals surface area contributed by atoms with E-state index in [0.717, 1.165) is 80.2 Å². The third kappa shape index (κ3) is 18.6. The smallest absolute Gasteiger partial charge is 0.269 e. The standard InChI is InChI=1S/C12H12N2O2S.C12H14N2S.C6H4FNO2.C6H9NS.2ClH/c15-14(16)11-5-3-10(4-6-11)13-8-7-12-2-1-9-17-12;13-10-3-5-11(6-4-10)14-8-7-12-2-1-9-15-12;7-5-1-3-6(4-2-5)8(9)10;7-4-3-6-2-1-5-8-6;;/h1-6,9,13H,7-8H2;1-6,9,14H,7-8,13H2;1-4H;1-2,5H,3-4,7H2;2*1H. The van der Waals surface area contributed by atoms with Crippen LogP contribution in [0.25, 0.3) is 0 Å². The maximum Gasteiger partial charge on any atom is 0.269 e. The van der Waals surface area contributed by atoms with Gasteiger partial charge in [-0.1, -0.05) is 18.2 Å². The molecule has 0 saturated heterocycles. The summed E-state index contributed by atoms with van der Waals surface area (Å²) in [5, 5.41) is 33.3. The highest BCUT2D eigenvalue weighted by Crippen LogP contribution is 2.16. The van der Waals surface area contributed by atoms with E-state index in [0.29, 0.717) is 0 Å². The molecule has 10 nitrogen and oxygen atoms in total. The highest BCUT2D eigenvalue weighted by atomic mass is 35.5. The van der Waals surface area contributed by atoms with E-state index in [9.17, 15) is 24.6 Å². The van der Waals surface area contributed by atoms with E-state index in [1.807, 2.05) is 30.3 Å². The van der Waals surface area contributed by atoms with Crippen molar-refractivity contribution in [3.8, 4) is 0 Å². The van der Waals surface area contributed by atoms with Gasteiger partial charge >= 0.3 is 0 Å². The van der Waals surface area contributed by atoms with Crippen LogP contribution < -0.4 is 22.1 Å². The third-order valence-corrected chi connectivity index (χ3v) is 9.37. The predicted molar refractivity (Wildman–Crippen MR) is 222 cm³/mol. The molecule has 0 amide bonds.